The lowest BCUT2D eigenvalue weighted by Gasteiger charge is -2.27. The standard InChI is InChI=1S/C15H23N3O3/c1-6-16-13-11(8-7-9-12(13)18(20)21)14(19)17(5)10-15(2,3)4/h7-9,16H,6,10H2,1-5H3. The van der Waals surface area contributed by atoms with E-state index in [1.54, 1.807) is 18.0 Å². The summed E-state index contributed by atoms with van der Waals surface area (Å²) in [5, 5.41) is 14.0. The Morgan fingerprint density at radius 3 is 2.48 bits per heavy atom. The molecule has 0 spiro atoms. The Morgan fingerprint density at radius 1 is 1.38 bits per heavy atom. The van der Waals surface area contributed by atoms with E-state index < -0.39 is 4.92 Å². The Bertz CT molecular complexity index is 535. The third-order valence-corrected chi connectivity index (χ3v) is 2.88. The molecular formula is C15H23N3O3. The second-order valence-electron chi connectivity index (χ2n) is 6.21. The molecule has 1 aromatic rings. The van der Waals surface area contributed by atoms with Gasteiger partial charge in [-0.3, -0.25) is 14.9 Å². The lowest BCUT2D eigenvalue weighted by atomic mass is 9.96. The minimum atomic E-state index is -0.474. The maximum atomic E-state index is 12.6. The number of anilines is 1. The van der Waals surface area contributed by atoms with Gasteiger partial charge >= 0.3 is 0 Å². The van der Waals surface area contributed by atoms with Crippen molar-refractivity contribution in [3.63, 3.8) is 0 Å². The number of hydrogen-bond donors (Lipinski definition) is 1. The lowest BCUT2D eigenvalue weighted by molar-refractivity contribution is -0.384. The van der Waals surface area contributed by atoms with Gasteiger partial charge in [-0.2, -0.15) is 0 Å². The molecule has 0 aliphatic heterocycles. The SMILES string of the molecule is CCNc1c(C(=O)N(C)CC(C)(C)C)cccc1[N+](=O)[O-]. The molecule has 0 atom stereocenters. The van der Waals surface area contributed by atoms with E-state index >= 15 is 0 Å². The molecule has 0 saturated heterocycles. The minimum absolute atomic E-state index is 0.0382. The van der Waals surface area contributed by atoms with E-state index in [4.69, 9.17) is 0 Å². The van der Waals surface area contributed by atoms with Gasteiger partial charge in [0.25, 0.3) is 11.6 Å². The van der Waals surface area contributed by atoms with Crippen LogP contribution in [-0.2, 0) is 0 Å². The lowest BCUT2D eigenvalue weighted by Crippen LogP contribution is -2.35. The zero-order valence-corrected chi connectivity index (χ0v) is 13.3. The second-order valence-corrected chi connectivity index (χ2v) is 6.21. The average molecular weight is 293 g/mol. The molecule has 0 aromatic heterocycles. The summed E-state index contributed by atoms with van der Waals surface area (Å²) in [6, 6.07) is 4.56. The zero-order chi connectivity index (χ0) is 16.2. The summed E-state index contributed by atoms with van der Waals surface area (Å²) in [6.07, 6.45) is 0. The van der Waals surface area contributed by atoms with Crippen LogP contribution in [0, 0.1) is 15.5 Å². The van der Waals surface area contributed by atoms with Crippen molar-refractivity contribution in [3.8, 4) is 0 Å². The first-order chi connectivity index (χ1) is 9.67. The number of nitrogens with zero attached hydrogens (tertiary/aromatic N) is 2. The number of benzene rings is 1. The number of carbonyl (C=O) groups is 1. The number of nitro groups is 1. The normalized spacial score (nSPS) is 11.1. The van der Waals surface area contributed by atoms with Gasteiger partial charge < -0.3 is 10.2 Å². The second kappa shape index (κ2) is 6.56. The van der Waals surface area contributed by atoms with E-state index in [-0.39, 0.29) is 22.7 Å². The van der Waals surface area contributed by atoms with Gasteiger partial charge in [0, 0.05) is 26.2 Å². The summed E-state index contributed by atoms with van der Waals surface area (Å²) in [5.41, 5.74) is 0.504. The van der Waals surface area contributed by atoms with Crippen LogP contribution in [0.25, 0.3) is 0 Å². The first-order valence-electron chi connectivity index (χ1n) is 6.94. The molecule has 21 heavy (non-hydrogen) atoms. The molecule has 0 aliphatic carbocycles. The number of carbonyl (C=O) groups excluding carboxylic acids is 1. The van der Waals surface area contributed by atoms with E-state index in [2.05, 4.69) is 5.32 Å². The molecule has 0 radical (unpaired) electrons. The van der Waals surface area contributed by atoms with Crippen LogP contribution in [-0.4, -0.2) is 35.9 Å². The number of rotatable bonds is 5. The Labute approximate surface area is 125 Å². The predicted molar refractivity (Wildman–Crippen MR) is 83.7 cm³/mol. The first kappa shape index (κ1) is 16.9. The van der Waals surface area contributed by atoms with E-state index in [1.807, 2.05) is 27.7 Å². The summed E-state index contributed by atoms with van der Waals surface area (Å²) in [5.74, 6) is -0.218. The summed E-state index contributed by atoms with van der Waals surface area (Å²) in [6.45, 7) is 9.03. The topological polar surface area (TPSA) is 75.5 Å². The molecule has 1 rings (SSSR count). The van der Waals surface area contributed by atoms with E-state index in [9.17, 15) is 14.9 Å². The van der Waals surface area contributed by atoms with Crippen molar-refractivity contribution in [2.24, 2.45) is 5.41 Å². The average Bonchev–Trinajstić information content (AvgIpc) is 2.36. The molecule has 6 heteroatoms. The smallest absolute Gasteiger partial charge is 0.293 e. The Kier molecular flexibility index (Phi) is 5.29. The molecular weight excluding hydrogens is 270 g/mol. The van der Waals surface area contributed by atoms with Crippen LogP contribution in [0.5, 0.6) is 0 Å². The number of amides is 1. The third kappa shape index (κ3) is 4.44. The number of nitro benzene ring substituents is 1. The van der Waals surface area contributed by atoms with Crippen molar-refractivity contribution >= 4 is 17.3 Å². The van der Waals surface area contributed by atoms with Crippen molar-refractivity contribution < 1.29 is 9.72 Å². The van der Waals surface area contributed by atoms with Crippen molar-refractivity contribution in [1.29, 1.82) is 0 Å². The van der Waals surface area contributed by atoms with Crippen LogP contribution in [0.15, 0.2) is 18.2 Å². The monoisotopic (exact) mass is 293 g/mol. The van der Waals surface area contributed by atoms with Crippen LogP contribution < -0.4 is 5.32 Å². The van der Waals surface area contributed by atoms with Crippen LogP contribution in [0.3, 0.4) is 0 Å². The van der Waals surface area contributed by atoms with Gasteiger partial charge in [0.1, 0.15) is 5.69 Å². The minimum Gasteiger partial charge on any atom is -0.379 e. The summed E-state index contributed by atoms with van der Waals surface area (Å²) in [4.78, 5) is 24.8. The fourth-order valence-corrected chi connectivity index (χ4v) is 2.22. The van der Waals surface area contributed by atoms with E-state index in [0.717, 1.165) is 0 Å². The molecule has 0 unspecified atom stereocenters. The maximum Gasteiger partial charge on any atom is 0.293 e. The maximum absolute atomic E-state index is 12.6. The van der Waals surface area contributed by atoms with Gasteiger partial charge in [-0.05, 0) is 18.4 Å². The molecule has 1 aromatic carbocycles. The molecule has 0 bridgehead atoms. The highest BCUT2D eigenvalue weighted by Gasteiger charge is 2.25. The quantitative estimate of drug-likeness (QED) is 0.668. The fourth-order valence-electron chi connectivity index (χ4n) is 2.22. The Hall–Kier alpha value is -2.11. The van der Waals surface area contributed by atoms with E-state index in [1.165, 1.54) is 12.1 Å². The molecule has 116 valence electrons. The Morgan fingerprint density at radius 2 is 2.00 bits per heavy atom. The van der Waals surface area contributed by atoms with Crippen molar-refractivity contribution in [2.75, 3.05) is 25.5 Å². The largest absolute Gasteiger partial charge is 0.379 e. The molecule has 0 heterocycles. The third-order valence-electron chi connectivity index (χ3n) is 2.88. The number of para-hydroxylation sites is 1. The van der Waals surface area contributed by atoms with Gasteiger partial charge in [-0.25, -0.2) is 0 Å². The van der Waals surface area contributed by atoms with Crippen LogP contribution in [0.4, 0.5) is 11.4 Å². The first-order valence-corrected chi connectivity index (χ1v) is 6.94. The highest BCUT2D eigenvalue weighted by molar-refractivity contribution is 6.01. The van der Waals surface area contributed by atoms with Crippen molar-refractivity contribution in [3.05, 3.63) is 33.9 Å². The van der Waals surface area contributed by atoms with Gasteiger partial charge in [0.15, 0.2) is 0 Å². The van der Waals surface area contributed by atoms with Gasteiger partial charge in [0.2, 0.25) is 0 Å². The molecule has 6 nitrogen and oxygen atoms in total. The van der Waals surface area contributed by atoms with Crippen molar-refractivity contribution in [1.82, 2.24) is 4.90 Å². The van der Waals surface area contributed by atoms with Gasteiger partial charge in [-0.15, -0.1) is 0 Å². The van der Waals surface area contributed by atoms with Crippen LogP contribution >= 0.6 is 0 Å². The highest BCUT2D eigenvalue weighted by Crippen LogP contribution is 2.29. The summed E-state index contributed by atoms with van der Waals surface area (Å²) >= 11 is 0. The molecule has 0 aliphatic rings. The fraction of sp³-hybridized carbons (Fsp3) is 0.533. The molecule has 1 N–H and O–H groups in total. The van der Waals surface area contributed by atoms with Crippen molar-refractivity contribution in [2.45, 2.75) is 27.7 Å². The van der Waals surface area contributed by atoms with Crippen LogP contribution in [0.2, 0.25) is 0 Å². The predicted octanol–water partition coefficient (Wildman–Crippen LogP) is 3.14. The molecule has 0 saturated carbocycles. The molecule has 1 amide bonds. The van der Waals surface area contributed by atoms with Gasteiger partial charge in [0.05, 0.1) is 10.5 Å². The highest BCUT2D eigenvalue weighted by atomic mass is 16.6. The summed E-state index contributed by atoms with van der Waals surface area (Å²) < 4.78 is 0. The number of hydrogen-bond acceptors (Lipinski definition) is 4. The van der Waals surface area contributed by atoms with Gasteiger partial charge in [-0.1, -0.05) is 26.8 Å². The van der Waals surface area contributed by atoms with Crippen LogP contribution in [0.1, 0.15) is 38.1 Å². The Balaban J connectivity index is 3.20. The zero-order valence-electron chi connectivity index (χ0n) is 13.3. The van der Waals surface area contributed by atoms with E-state index in [0.29, 0.717) is 18.7 Å². The summed E-state index contributed by atoms with van der Waals surface area (Å²) in [7, 11) is 1.71. The number of nitrogens with one attached hydrogen (secondary N) is 1. The molecule has 0 fully saturated rings.